The molecule has 0 aliphatic carbocycles. The van der Waals surface area contributed by atoms with Gasteiger partial charge in [-0.2, -0.15) is 0 Å². The van der Waals surface area contributed by atoms with Gasteiger partial charge in [0.05, 0.1) is 21.9 Å². The van der Waals surface area contributed by atoms with Gasteiger partial charge in [0.15, 0.2) is 0 Å². The van der Waals surface area contributed by atoms with Gasteiger partial charge in [-0.1, -0.05) is 22.9 Å². The molecule has 0 N–H and O–H groups in total. The summed E-state index contributed by atoms with van der Waals surface area (Å²) in [6, 6.07) is 8.62. The van der Waals surface area contributed by atoms with Crippen molar-refractivity contribution < 1.29 is 4.39 Å². The van der Waals surface area contributed by atoms with Gasteiger partial charge in [-0.3, -0.25) is 0 Å². The lowest BCUT2D eigenvalue weighted by atomic mass is 10.2. The van der Waals surface area contributed by atoms with Crippen molar-refractivity contribution in [1.29, 1.82) is 0 Å². The standard InChI is InChI=1S/C15H10ClFN4S2/c1-20(13-3-2-6-22-13)15-19-21-8-12(18-14(21)23-15)9-4-5-11(17)10(16)7-9/h2-8H,1H3. The monoisotopic (exact) mass is 364 g/mol. The minimum absolute atomic E-state index is 0.0879. The number of anilines is 2. The Bertz CT molecular complexity index is 945. The number of hydrogen-bond donors (Lipinski definition) is 0. The molecule has 0 aliphatic rings. The summed E-state index contributed by atoms with van der Waals surface area (Å²) in [5, 5.41) is 8.65. The van der Waals surface area contributed by atoms with Gasteiger partial charge < -0.3 is 4.90 Å². The Hall–Kier alpha value is -1.96. The molecule has 4 rings (SSSR count). The van der Waals surface area contributed by atoms with Crippen LogP contribution in [0.4, 0.5) is 14.5 Å². The molecule has 4 aromatic rings. The summed E-state index contributed by atoms with van der Waals surface area (Å²) in [5.41, 5.74) is 1.48. The van der Waals surface area contributed by atoms with Crippen molar-refractivity contribution in [3.8, 4) is 11.3 Å². The molecular formula is C15H10ClFN4S2. The largest absolute Gasteiger partial charge is 0.311 e. The first-order chi connectivity index (χ1) is 11.1. The second-order valence-corrected chi connectivity index (χ2v) is 7.14. The maximum Gasteiger partial charge on any atom is 0.214 e. The minimum atomic E-state index is -0.436. The minimum Gasteiger partial charge on any atom is -0.311 e. The SMILES string of the molecule is CN(c1cccs1)c1nn2cc(-c3ccc(F)c(Cl)c3)nc2s1. The number of benzene rings is 1. The van der Waals surface area contributed by atoms with Crippen LogP contribution >= 0.6 is 34.3 Å². The molecule has 0 atom stereocenters. The molecule has 116 valence electrons. The van der Waals surface area contributed by atoms with Crippen molar-refractivity contribution in [3.05, 3.63) is 52.7 Å². The molecule has 0 aliphatic heterocycles. The molecule has 0 spiro atoms. The molecule has 4 nitrogen and oxygen atoms in total. The van der Waals surface area contributed by atoms with Crippen LogP contribution < -0.4 is 4.90 Å². The Morgan fingerprint density at radius 3 is 2.87 bits per heavy atom. The molecular weight excluding hydrogens is 355 g/mol. The highest BCUT2D eigenvalue weighted by Crippen LogP contribution is 2.32. The fraction of sp³-hybridized carbons (Fsp3) is 0.0667. The molecule has 1 aromatic carbocycles. The maximum atomic E-state index is 13.3. The zero-order valence-electron chi connectivity index (χ0n) is 11.9. The van der Waals surface area contributed by atoms with Crippen molar-refractivity contribution in [2.75, 3.05) is 11.9 Å². The summed E-state index contributed by atoms with van der Waals surface area (Å²) in [7, 11) is 1.98. The molecule has 0 saturated heterocycles. The van der Waals surface area contributed by atoms with Gasteiger partial charge in [-0.15, -0.1) is 16.4 Å². The normalized spacial score (nSPS) is 11.3. The third-order valence-corrected chi connectivity index (χ3v) is 5.60. The van der Waals surface area contributed by atoms with Crippen LogP contribution in [0.15, 0.2) is 41.9 Å². The highest BCUT2D eigenvalue weighted by molar-refractivity contribution is 7.21. The summed E-state index contributed by atoms with van der Waals surface area (Å²) in [4.78, 5) is 7.36. The van der Waals surface area contributed by atoms with Crippen LogP contribution in [0.5, 0.6) is 0 Å². The van der Waals surface area contributed by atoms with Crippen molar-refractivity contribution in [2.45, 2.75) is 0 Å². The predicted molar refractivity (Wildman–Crippen MR) is 93.7 cm³/mol. The number of imidazole rings is 1. The van der Waals surface area contributed by atoms with Gasteiger partial charge >= 0.3 is 0 Å². The predicted octanol–water partition coefficient (Wildman–Crippen LogP) is 5.08. The molecule has 0 fully saturated rings. The Balaban J connectivity index is 1.70. The topological polar surface area (TPSA) is 33.4 Å². The fourth-order valence-corrected chi connectivity index (χ4v) is 3.97. The van der Waals surface area contributed by atoms with Gasteiger partial charge in [0, 0.05) is 12.6 Å². The molecule has 3 aromatic heterocycles. The number of aromatic nitrogens is 3. The zero-order valence-corrected chi connectivity index (χ0v) is 14.3. The second-order valence-electron chi connectivity index (χ2n) is 4.88. The first-order valence-electron chi connectivity index (χ1n) is 6.71. The lowest BCUT2D eigenvalue weighted by Gasteiger charge is -2.11. The van der Waals surface area contributed by atoms with E-state index in [1.165, 1.54) is 17.4 Å². The average molecular weight is 365 g/mol. The molecule has 8 heteroatoms. The lowest BCUT2D eigenvalue weighted by molar-refractivity contribution is 0.628. The number of thiophene rings is 1. The number of fused-ring (bicyclic) bond motifs is 1. The van der Waals surface area contributed by atoms with Crippen molar-refractivity contribution in [1.82, 2.24) is 14.6 Å². The summed E-state index contributed by atoms with van der Waals surface area (Å²) in [5.74, 6) is -0.436. The van der Waals surface area contributed by atoms with E-state index in [9.17, 15) is 4.39 Å². The quantitative estimate of drug-likeness (QED) is 0.508. The molecule has 0 amide bonds. The van der Waals surface area contributed by atoms with Crippen LogP contribution in [0.1, 0.15) is 0 Å². The molecule has 3 heterocycles. The van der Waals surface area contributed by atoms with E-state index in [1.54, 1.807) is 28.0 Å². The molecule has 0 unspecified atom stereocenters. The summed E-state index contributed by atoms with van der Waals surface area (Å²) in [6.45, 7) is 0. The van der Waals surface area contributed by atoms with E-state index in [4.69, 9.17) is 11.6 Å². The molecule has 23 heavy (non-hydrogen) atoms. The van der Waals surface area contributed by atoms with Crippen LogP contribution in [0, 0.1) is 5.82 Å². The van der Waals surface area contributed by atoms with Crippen molar-refractivity contribution in [3.63, 3.8) is 0 Å². The highest BCUT2D eigenvalue weighted by atomic mass is 35.5. The van der Waals surface area contributed by atoms with E-state index in [2.05, 4.69) is 10.1 Å². The first-order valence-corrected chi connectivity index (χ1v) is 8.78. The number of halogens is 2. The third kappa shape index (κ3) is 2.60. The smallest absolute Gasteiger partial charge is 0.214 e. The molecule has 0 bridgehead atoms. The van der Waals surface area contributed by atoms with Crippen LogP contribution in [0.2, 0.25) is 5.02 Å². The Kier molecular flexibility index (Phi) is 3.56. The van der Waals surface area contributed by atoms with Gasteiger partial charge in [-0.05, 0) is 35.7 Å². The van der Waals surface area contributed by atoms with E-state index in [0.717, 1.165) is 26.4 Å². The molecule has 0 radical (unpaired) electrons. The van der Waals surface area contributed by atoms with E-state index in [-0.39, 0.29) is 5.02 Å². The number of rotatable bonds is 3. The summed E-state index contributed by atoms with van der Waals surface area (Å²) >= 11 is 8.98. The van der Waals surface area contributed by atoms with Crippen molar-refractivity contribution >= 4 is 49.4 Å². The van der Waals surface area contributed by atoms with E-state index >= 15 is 0 Å². The van der Waals surface area contributed by atoms with Crippen LogP contribution in [0.3, 0.4) is 0 Å². The second kappa shape index (κ2) is 5.59. The van der Waals surface area contributed by atoms with E-state index in [1.807, 2.05) is 35.7 Å². The van der Waals surface area contributed by atoms with Crippen molar-refractivity contribution in [2.24, 2.45) is 0 Å². The Labute approximate surface area is 144 Å². The highest BCUT2D eigenvalue weighted by Gasteiger charge is 2.14. The number of nitrogens with zero attached hydrogens (tertiary/aromatic N) is 4. The Morgan fingerprint density at radius 2 is 2.17 bits per heavy atom. The zero-order chi connectivity index (χ0) is 16.0. The van der Waals surface area contributed by atoms with E-state index < -0.39 is 5.82 Å². The van der Waals surface area contributed by atoms with Gasteiger partial charge in [-0.25, -0.2) is 13.9 Å². The van der Waals surface area contributed by atoms with Gasteiger partial charge in [0.2, 0.25) is 10.1 Å². The third-order valence-electron chi connectivity index (χ3n) is 3.37. The van der Waals surface area contributed by atoms with Crippen LogP contribution in [-0.2, 0) is 0 Å². The maximum absolute atomic E-state index is 13.3. The fourth-order valence-electron chi connectivity index (χ4n) is 2.17. The summed E-state index contributed by atoms with van der Waals surface area (Å²) < 4.78 is 15.0. The van der Waals surface area contributed by atoms with Crippen LogP contribution in [-0.4, -0.2) is 21.6 Å². The Morgan fingerprint density at radius 1 is 1.30 bits per heavy atom. The number of hydrogen-bond acceptors (Lipinski definition) is 5. The van der Waals surface area contributed by atoms with Gasteiger partial charge in [0.25, 0.3) is 0 Å². The average Bonchev–Trinajstić information content (AvgIpc) is 3.24. The van der Waals surface area contributed by atoms with Crippen LogP contribution in [0.25, 0.3) is 16.2 Å². The van der Waals surface area contributed by atoms with E-state index in [0.29, 0.717) is 0 Å². The molecule has 0 saturated carbocycles. The summed E-state index contributed by atoms with van der Waals surface area (Å²) in [6.07, 6.45) is 1.82. The lowest BCUT2D eigenvalue weighted by Crippen LogP contribution is -2.07. The van der Waals surface area contributed by atoms with Gasteiger partial charge in [0.1, 0.15) is 5.82 Å². The first kappa shape index (κ1) is 14.6.